The van der Waals surface area contributed by atoms with E-state index >= 15 is 0 Å². The van der Waals surface area contributed by atoms with Crippen LogP contribution < -0.4 is 0 Å². The summed E-state index contributed by atoms with van der Waals surface area (Å²) >= 11 is 0. The summed E-state index contributed by atoms with van der Waals surface area (Å²) in [6.07, 6.45) is 6.34. The van der Waals surface area contributed by atoms with Crippen LogP contribution in [-0.4, -0.2) is 15.0 Å². The van der Waals surface area contributed by atoms with E-state index in [-0.39, 0.29) is 10.8 Å². The molecule has 0 atom stereocenters. The zero-order valence-electron chi connectivity index (χ0n) is 32.5. The minimum atomic E-state index is -0.0300. The second-order valence-electron chi connectivity index (χ2n) is 16.7. The smallest absolute Gasteiger partial charge is 0.164 e. The molecule has 57 heavy (non-hydrogen) atoms. The van der Waals surface area contributed by atoms with Gasteiger partial charge in [-0.1, -0.05) is 179 Å². The van der Waals surface area contributed by atoms with Gasteiger partial charge in [0, 0.05) is 27.5 Å². The van der Waals surface area contributed by atoms with Gasteiger partial charge in [-0.25, -0.2) is 15.0 Å². The third-order valence-electron chi connectivity index (χ3n) is 13.2. The van der Waals surface area contributed by atoms with Gasteiger partial charge in [0.05, 0.1) is 0 Å². The van der Waals surface area contributed by atoms with Crippen molar-refractivity contribution in [2.45, 2.75) is 56.8 Å². The van der Waals surface area contributed by atoms with Crippen LogP contribution in [-0.2, 0) is 10.8 Å². The van der Waals surface area contributed by atoms with E-state index in [0.717, 1.165) is 22.3 Å². The van der Waals surface area contributed by atoms with Crippen molar-refractivity contribution < 1.29 is 0 Å². The number of benzene rings is 7. The molecule has 1 saturated carbocycles. The number of fused-ring (bicyclic) bond motifs is 8. The molecule has 7 aromatic carbocycles. The predicted molar refractivity (Wildman–Crippen MR) is 234 cm³/mol. The SMILES string of the molecule is CC1(C)c2ccccc2-c2cc3c(cc21)-c1cc(-c2ccc(-c4nc(-c5ccccc5)nc(-c5ccc(-c6ccccc6)cc5)n4)cc2)ccc1C31CCCCC1. The summed E-state index contributed by atoms with van der Waals surface area (Å²) < 4.78 is 0. The lowest BCUT2D eigenvalue weighted by Crippen LogP contribution is -2.28. The van der Waals surface area contributed by atoms with Crippen LogP contribution in [0.4, 0.5) is 0 Å². The molecule has 11 rings (SSSR count). The van der Waals surface area contributed by atoms with Crippen molar-refractivity contribution in [3.8, 4) is 78.7 Å². The quantitative estimate of drug-likeness (QED) is 0.177. The molecule has 8 aromatic rings. The average Bonchev–Trinajstić information content (AvgIpc) is 3.66. The summed E-state index contributed by atoms with van der Waals surface area (Å²) in [6.45, 7) is 4.79. The van der Waals surface area contributed by atoms with Gasteiger partial charge in [-0.15, -0.1) is 0 Å². The molecular weight excluding hydrogens is 691 g/mol. The highest BCUT2D eigenvalue weighted by molar-refractivity contribution is 5.91. The molecule has 1 heterocycles. The molecule has 274 valence electrons. The lowest BCUT2D eigenvalue weighted by Gasteiger charge is -2.36. The van der Waals surface area contributed by atoms with Gasteiger partial charge in [0.15, 0.2) is 17.5 Å². The highest BCUT2D eigenvalue weighted by Gasteiger charge is 2.46. The maximum atomic E-state index is 5.06. The molecule has 3 aliphatic rings. The second-order valence-corrected chi connectivity index (χ2v) is 16.7. The Balaban J connectivity index is 0.975. The minimum Gasteiger partial charge on any atom is -0.208 e. The zero-order valence-corrected chi connectivity index (χ0v) is 32.5. The molecule has 0 bridgehead atoms. The fourth-order valence-electron chi connectivity index (χ4n) is 10.2. The van der Waals surface area contributed by atoms with E-state index in [1.165, 1.54) is 87.7 Å². The topological polar surface area (TPSA) is 38.7 Å². The van der Waals surface area contributed by atoms with Crippen LogP contribution in [0, 0.1) is 0 Å². The van der Waals surface area contributed by atoms with E-state index in [1.807, 2.05) is 24.3 Å². The van der Waals surface area contributed by atoms with Gasteiger partial charge in [-0.2, -0.15) is 0 Å². The molecular formula is C54H43N3. The van der Waals surface area contributed by atoms with E-state index in [2.05, 4.69) is 153 Å². The van der Waals surface area contributed by atoms with Crippen LogP contribution >= 0.6 is 0 Å². The van der Waals surface area contributed by atoms with Crippen LogP contribution in [0.5, 0.6) is 0 Å². The Labute approximate surface area is 335 Å². The van der Waals surface area contributed by atoms with Gasteiger partial charge >= 0.3 is 0 Å². The minimum absolute atomic E-state index is 0.0300. The van der Waals surface area contributed by atoms with E-state index in [0.29, 0.717) is 17.5 Å². The Hall–Kier alpha value is -6.45. The number of nitrogens with zero attached hydrogens (tertiary/aromatic N) is 3. The molecule has 0 aliphatic heterocycles. The summed E-state index contributed by atoms with van der Waals surface area (Å²) in [4.78, 5) is 15.1. The number of aromatic nitrogens is 3. The van der Waals surface area contributed by atoms with Crippen molar-refractivity contribution in [3.63, 3.8) is 0 Å². The summed E-state index contributed by atoms with van der Waals surface area (Å²) in [5.74, 6) is 1.99. The first-order valence-corrected chi connectivity index (χ1v) is 20.5. The number of rotatable bonds is 5. The Morgan fingerprint density at radius 3 is 1.40 bits per heavy atom. The largest absolute Gasteiger partial charge is 0.208 e. The van der Waals surface area contributed by atoms with Crippen molar-refractivity contribution in [1.82, 2.24) is 15.0 Å². The molecule has 3 aliphatic carbocycles. The van der Waals surface area contributed by atoms with Crippen LogP contribution in [0.3, 0.4) is 0 Å². The van der Waals surface area contributed by atoms with Crippen LogP contribution in [0.25, 0.3) is 78.7 Å². The Bertz CT molecular complexity index is 2810. The lowest BCUT2D eigenvalue weighted by molar-refractivity contribution is 0.353. The van der Waals surface area contributed by atoms with Crippen molar-refractivity contribution in [3.05, 3.63) is 186 Å². The zero-order chi connectivity index (χ0) is 38.1. The molecule has 1 fully saturated rings. The van der Waals surface area contributed by atoms with Gasteiger partial charge in [0.2, 0.25) is 0 Å². The fourth-order valence-corrected chi connectivity index (χ4v) is 10.2. The highest BCUT2D eigenvalue weighted by atomic mass is 15.0. The predicted octanol–water partition coefficient (Wildman–Crippen LogP) is 13.7. The molecule has 3 nitrogen and oxygen atoms in total. The third-order valence-corrected chi connectivity index (χ3v) is 13.2. The van der Waals surface area contributed by atoms with Gasteiger partial charge in [0.25, 0.3) is 0 Å². The molecule has 1 aromatic heterocycles. The first-order valence-electron chi connectivity index (χ1n) is 20.5. The van der Waals surface area contributed by atoms with Gasteiger partial charge in [-0.3, -0.25) is 0 Å². The molecule has 0 amide bonds. The maximum Gasteiger partial charge on any atom is 0.164 e. The maximum absolute atomic E-state index is 5.06. The first-order chi connectivity index (χ1) is 28.0. The average molecular weight is 734 g/mol. The van der Waals surface area contributed by atoms with Gasteiger partial charge in [0.1, 0.15) is 0 Å². The molecule has 0 saturated heterocycles. The van der Waals surface area contributed by atoms with Gasteiger partial charge < -0.3 is 0 Å². The van der Waals surface area contributed by atoms with Crippen molar-refractivity contribution >= 4 is 0 Å². The van der Waals surface area contributed by atoms with Gasteiger partial charge in [-0.05, 0) is 97.8 Å². The summed E-state index contributed by atoms with van der Waals surface area (Å²) in [6, 6.07) is 59.4. The monoisotopic (exact) mass is 733 g/mol. The van der Waals surface area contributed by atoms with E-state index in [1.54, 1.807) is 5.56 Å². The van der Waals surface area contributed by atoms with E-state index in [9.17, 15) is 0 Å². The number of hydrogen-bond acceptors (Lipinski definition) is 3. The van der Waals surface area contributed by atoms with E-state index < -0.39 is 0 Å². The lowest BCUT2D eigenvalue weighted by atomic mass is 9.67. The van der Waals surface area contributed by atoms with Crippen LogP contribution in [0.1, 0.15) is 68.2 Å². The van der Waals surface area contributed by atoms with Crippen LogP contribution in [0.2, 0.25) is 0 Å². The standard InChI is InChI=1S/C54H43N3/c1-53(2)46-19-11-10-18-42(46)44-34-49-45(33-48(44)53)43-32-41(28-29-47(43)54(49)30-12-5-13-31-54)37-22-26-40(27-23-37)52-56-50(38-16-8-4-9-17-38)55-51(57-52)39-24-20-36(21-25-39)35-14-6-3-7-15-35/h3-4,6-11,14-29,32-34H,5,12-13,30-31H2,1-2H3. The highest BCUT2D eigenvalue weighted by Crippen LogP contribution is 2.60. The van der Waals surface area contributed by atoms with Crippen molar-refractivity contribution in [2.24, 2.45) is 0 Å². The summed E-state index contributed by atoms with van der Waals surface area (Å²) in [5, 5.41) is 0. The van der Waals surface area contributed by atoms with Crippen LogP contribution in [0.15, 0.2) is 164 Å². The Kier molecular flexibility index (Phi) is 7.76. The van der Waals surface area contributed by atoms with E-state index in [4.69, 9.17) is 15.0 Å². The molecule has 1 spiro atoms. The fraction of sp³-hybridized carbons (Fsp3) is 0.167. The Morgan fingerprint density at radius 1 is 0.333 bits per heavy atom. The third kappa shape index (κ3) is 5.44. The first kappa shape index (κ1) is 33.9. The Morgan fingerprint density at radius 2 is 0.772 bits per heavy atom. The molecule has 0 radical (unpaired) electrons. The summed E-state index contributed by atoms with van der Waals surface area (Å²) in [7, 11) is 0. The normalized spacial score (nSPS) is 15.5. The summed E-state index contributed by atoms with van der Waals surface area (Å²) in [5.41, 5.74) is 19.4. The molecule has 0 N–H and O–H groups in total. The van der Waals surface area contributed by atoms with Crippen molar-refractivity contribution in [1.29, 1.82) is 0 Å². The molecule has 3 heteroatoms. The molecule has 0 unspecified atom stereocenters. The second kappa shape index (κ2) is 13.1. The van der Waals surface area contributed by atoms with Crippen molar-refractivity contribution in [2.75, 3.05) is 0 Å². The number of hydrogen-bond donors (Lipinski definition) is 0.